The number of hydrogen-bond acceptors (Lipinski definition) is 9. The van der Waals surface area contributed by atoms with Crippen LogP contribution >= 0.6 is 11.6 Å². The number of aryl methyl sites for hydroxylation is 1. The van der Waals surface area contributed by atoms with Gasteiger partial charge >= 0.3 is 0 Å². The summed E-state index contributed by atoms with van der Waals surface area (Å²) in [7, 11) is 2.27. The summed E-state index contributed by atoms with van der Waals surface area (Å²) in [4.78, 5) is 11.4. The van der Waals surface area contributed by atoms with E-state index in [9.17, 15) is 8.42 Å². The maximum Gasteiger partial charge on any atom is 0.229 e. The van der Waals surface area contributed by atoms with Crippen molar-refractivity contribution < 1.29 is 17.9 Å². The molecule has 1 saturated carbocycles. The molecule has 0 saturated heterocycles. The van der Waals surface area contributed by atoms with Gasteiger partial charge in [0.15, 0.2) is 5.82 Å². The van der Waals surface area contributed by atoms with Crippen molar-refractivity contribution in [2.45, 2.75) is 69.5 Å². The van der Waals surface area contributed by atoms with Gasteiger partial charge in [-0.05, 0) is 62.8 Å². The van der Waals surface area contributed by atoms with E-state index in [-0.39, 0.29) is 12.1 Å². The molecule has 0 bridgehead atoms. The number of sulfonamides is 1. The minimum atomic E-state index is -3.33. The fourth-order valence-electron chi connectivity index (χ4n) is 5.69. The van der Waals surface area contributed by atoms with E-state index >= 15 is 0 Å². The largest absolute Gasteiger partial charge is 0.494 e. The molecule has 39 heavy (non-hydrogen) atoms. The molecule has 1 unspecified atom stereocenters. The second kappa shape index (κ2) is 13.5. The van der Waals surface area contributed by atoms with Crippen LogP contribution in [0.4, 0.5) is 17.5 Å². The summed E-state index contributed by atoms with van der Waals surface area (Å²) in [6.45, 7) is 1.64. The molecular weight excluding hydrogens is 540 g/mol. The number of aromatic nitrogens is 2. The molecule has 1 aromatic heterocycles. The first-order valence-electron chi connectivity index (χ1n) is 13.6. The Kier molecular flexibility index (Phi) is 10.3. The van der Waals surface area contributed by atoms with Crippen molar-refractivity contribution in [3.63, 3.8) is 0 Å². The van der Waals surface area contributed by atoms with E-state index < -0.39 is 10.0 Å². The Hall–Kier alpha value is -2.18. The molecule has 2 aliphatic rings. The molecular formula is C27H41ClN6O4S. The van der Waals surface area contributed by atoms with E-state index in [0.717, 1.165) is 76.0 Å². The van der Waals surface area contributed by atoms with Crippen LogP contribution in [0.5, 0.6) is 5.75 Å². The molecule has 1 fully saturated rings. The molecule has 1 heterocycles. The topological polar surface area (TPSA) is 118 Å². The quantitative estimate of drug-likeness (QED) is 0.339. The second-order valence-corrected chi connectivity index (χ2v) is 12.7. The van der Waals surface area contributed by atoms with Crippen molar-refractivity contribution in [1.29, 1.82) is 0 Å². The van der Waals surface area contributed by atoms with Gasteiger partial charge in [-0.15, -0.1) is 0 Å². The minimum absolute atomic E-state index is 0.120. The Balaban J connectivity index is 1.51. The van der Waals surface area contributed by atoms with Crippen LogP contribution in [0.1, 0.15) is 49.7 Å². The fourth-order valence-corrected chi connectivity index (χ4v) is 6.67. The predicted octanol–water partition coefficient (Wildman–Crippen LogP) is 3.98. The molecule has 216 valence electrons. The van der Waals surface area contributed by atoms with E-state index in [4.69, 9.17) is 21.1 Å². The molecule has 2 aliphatic carbocycles. The lowest BCUT2D eigenvalue weighted by atomic mass is 9.91. The van der Waals surface area contributed by atoms with Gasteiger partial charge in [0.05, 0.1) is 31.9 Å². The third kappa shape index (κ3) is 7.94. The smallest absolute Gasteiger partial charge is 0.229 e. The van der Waals surface area contributed by atoms with Crippen LogP contribution in [0.3, 0.4) is 0 Å². The number of fused-ring (bicyclic) bond motifs is 1. The zero-order chi connectivity index (χ0) is 28.0. The number of nitrogens with one attached hydrogen (secondary N) is 3. The molecule has 3 N–H and O–H groups in total. The first-order valence-corrected chi connectivity index (χ1v) is 15.9. The number of benzene rings is 1. The number of likely N-dealkylation sites (N-methyl/N-ethyl adjacent to an activating group) is 1. The maximum atomic E-state index is 11.9. The van der Waals surface area contributed by atoms with Gasteiger partial charge in [-0.3, -0.25) is 0 Å². The average molecular weight is 581 g/mol. The van der Waals surface area contributed by atoms with Crippen LogP contribution in [-0.2, 0) is 27.6 Å². The lowest BCUT2D eigenvalue weighted by molar-refractivity contribution is 0.133. The van der Waals surface area contributed by atoms with Crippen LogP contribution in [0, 0.1) is 0 Å². The number of rotatable bonds is 11. The second-order valence-electron chi connectivity index (χ2n) is 10.5. The van der Waals surface area contributed by atoms with Crippen molar-refractivity contribution >= 4 is 39.1 Å². The number of ether oxygens (including phenoxy) is 2. The zero-order valence-corrected chi connectivity index (χ0v) is 24.9. The number of methoxy groups -OCH3 is 2. The zero-order valence-electron chi connectivity index (χ0n) is 23.3. The SMILES string of the molecule is COCCN(C)C1CCc2ccc(Nc3ncc(Cl)c(N[C@@H]4CCCC[C@H]4NS(C)(=O)=O)n3)c(OC)c2CC1. The Bertz CT molecular complexity index is 1230. The van der Waals surface area contributed by atoms with Gasteiger partial charge in [-0.2, -0.15) is 4.98 Å². The lowest BCUT2D eigenvalue weighted by Gasteiger charge is -2.32. The van der Waals surface area contributed by atoms with E-state index in [0.29, 0.717) is 22.8 Å². The van der Waals surface area contributed by atoms with Gasteiger partial charge < -0.3 is 25.0 Å². The van der Waals surface area contributed by atoms with E-state index in [1.807, 2.05) is 6.07 Å². The van der Waals surface area contributed by atoms with E-state index in [1.54, 1.807) is 20.4 Å². The van der Waals surface area contributed by atoms with Gasteiger partial charge in [0.2, 0.25) is 16.0 Å². The monoisotopic (exact) mass is 580 g/mol. The van der Waals surface area contributed by atoms with E-state index in [1.165, 1.54) is 17.4 Å². The molecule has 2 aromatic rings. The van der Waals surface area contributed by atoms with Crippen molar-refractivity contribution in [2.75, 3.05) is 51.3 Å². The first kappa shape index (κ1) is 29.8. The van der Waals surface area contributed by atoms with Gasteiger partial charge in [0.25, 0.3) is 0 Å². The Morgan fingerprint density at radius 2 is 1.85 bits per heavy atom. The average Bonchev–Trinajstić information content (AvgIpc) is 3.12. The highest BCUT2D eigenvalue weighted by atomic mass is 35.5. The summed E-state index contributed by atoms with van der Waals surface area (Å²) in [5.74, 6) is 1.66. The highest BCUT2D eigenvalue weighted by molar-refractivity contribution is 7.88. The molecule has 0 radical (unpaired) electrons. The Morgan fingerprint density at radius 3 is 2.56 bits per heavy atom. The standard InChI is InChI=1S/C27H41ClN6O4S/c1-34(15-16-37-2)19-11-9-18-10-14-24(25(38-3)20(18)13-12-19)31-27-29-17-21(28)26(32-27)30-22-7-5-6-8-23(22)33-39(4,35)36/h10,14,17,19,22-23,33H,5-9,11-13,15-16H2,1-4H3,(H2,29,30,31,32)/t19?,22-,23-/m1/s1. The highest BCUT2D eigenvalue weighted by Gasteiger charge is 2.29. The van der Waals surface area contributed by atoms with Crippen molar-refractivity contribution in [3.05, 3.63) is 34.5 Å². The van der Waals surface area contributed by atoms with Crippen LogP contribution in [0.2, 0.25) is 5.02 Å². The normalized spacial score (nSPS) is 21.7. The summed E-state index contributed by atoms with van der Waals surface area (Å²) in [6, 6.07) is 4.33. The van der Waals surface area contributed by atoms with Gasteiger partial charge in [0.1, 0.15) is 10.8 Å². The summed E-state index contributed by atoms with van der Waals surface area (Å²) in [5.41, 5.74) is 3.32. The van der Waals surface area contributed by atoms with Crippen molar-refractivity contribution in [1.82, 2.24) is 19.6 Å². The minimum Gasteiger partial charge on any atom is -0.494 e. The third-order valence-corrected chi connectivity index (χ3v) is 8.76. The van der Waals surface area contributed by atoms with Crippen molar-refractivity contribution in [3.8, 4) is 5.75 Å². The summed E-state index contributed by atoms with van der Waals surface area (Å²) in [5, 5.41) is 7.07. The molecule has 10 nitrogen and oxygen atoms in total. The molecule has 4 rings (SSSR count). The molecule has 12 heteroatoms. The Morgan fingerprint density at radius 1 is 1.10 bits per heavy atom. The molecule has 1 aromatic carbocycles. The van der Waals surface area contributed by atoms with Gasteiger partial charge in [0, 0.05) is 31.8 Å². The highest BCUT2D eigenvalue weighted by Crippen LogP contribution is 2.37. The number of anilines is 3. The fraction of sp³-hybridized carbons (Fsp3) is 0.630. The summed E-state index contributed by atoms with van der Waals surface area (Å²) < 4.78 is 37.7. The number of halogens is 1. The maximum absolute atomic E-state index is 11.9. The van der Waals surface area contributed by atoms with Gasteiger partial charge in [-0.1, -0.05) is 30.5 Å². The van der Waals surface area contributed by atoms with Gasteiger partial charge in [-0.25, -0.2) is 18.1 Å². The first-order chi connectivity index (χ1) is 18.7. The summed E-state index contributed by atoms with van der Waals surface area (Å²) >= 11 is 6.45. The Labute approximate surface area is 237 Å². The van der Waals surface area contributed by atoms with E-state index in [2.05, 4.69) is 43.3 Å². The van der Waals surface area contributed by atoms with Crippen LogP contribution in [0.25, 0.3) is 0 Å². The predicted molar refractivity (Wildman–Crippen MR) is 156 cm³/mol. The third-order valence-electron chi connectivity index (χ3n) is 7.75. The number of nitrogens with zero attached hydrogens (tertiary/aromatic N) is 3. The van der Waals surface area contributed by atoms with Crippen molar-refractivity contribution in [2.24, 2.45) is 0 Å². The lowest BCUT2D eigenvalue weighted by Crippen LogP contribution is -2.48. The number of hydrogen-bond donors (Lipinski definition) is 3. The molecule has 0 aliphatic heterocycles. The van der Waals surface area contributed by atoms with Crippen LogP contribution < -0.4 is 20.1 Å². The summed E-state index contributed by atoms with van der Waals surface area (Å²) in [6.07, 6.45) is 10.3. The van der Waals surface area contributed by atoms with Crippen LogP contribution in [0.15, 0.2) is 18.3 Å². The molecule has 0 amide bonds. The molecule has 0 spiro atoms. The molecule has 3 atom stereocenters. The van der Waals surface area contributed by atoms with Crippen LogP contribution in [-0.4, -0.2) is 82.1 Å².